The van der Waals surface area contributed by atoms with Crippen LogP contribution in [0.5, 0.6) is 0 Å². The first-order chi connectivity index (χ1) is 9.15. The molecule has 1 aliphatic rings. The maximum absolute atomic E-state index is 13.0. The van der Waals surface area contributed by atoms with Gasteiger partial charge >= 0.3 is 6.18 Å². The van der Waals surface area contributed by atoms with Gasteiger partial charge in [0.2, 0.25) is 0 Å². The number of rotatable bonds is 1. The lowest BCUT2D eigenvalue weighted by Gasteiger charge is -2.32. The largest absolute Gasteiger partial charge is 0.438 e. The molecule has 1 aliphatic heterocycles. The SMILES string of the molecule is CC1=NN(C(=O)c2ccc(Cl)cc2)C(O)(C(F)(F)F)C1. The summed E-state index contributed by atoms with van der Waals surface area (Å²) in [5, 5.41) is 13.7. The Hall–Kier alpha value is -1.60. The van der Waals surface area contributed by atoms with E-state index in [1.807, 2.05) is 0 Å². The summed E-state index contributed by atoms with van der Waals surface area (Å²) in [6.45, 7) is 1.31. The molecule has 1 N–H and O–H groups in total. The van der Waals surface area contributed by atoms with Crippen LogP contribution >= 0.6 is 11.6 Å². The second kappa shape index (κ2) is 4.75. The monoisotopic (exact) mass is 306 g/mol. The summed E-state index contributed by atoms with van der Waals surface area (Å²) in [7, 11) is 0. The number of hydrogen-bond acceptors (Lipinski definition) is 3. The molecule has 0 aromatic heterocycles. The van der Waals surface area contributed by atoms with Crippen LogP contribution in [0.2, 0.25) is 5.02 Å². The first-order valence-electron chi connectivity index (χ1n) is 5.58. The molecule has 1 heterocycles. The van der Waals surface area contributed by atoms with Crippen LogP contribution < -0.4 is 0 Å². The normalized spacial score (nSPS) is 22.9. The van der Waals surface area contributed by atoms with Crippen molar-refractivity contribution in [3.05, 3.63) is 34.9 Å². The number of amides is 1. The summed E-state index contributed by atoms with van der Waals surface area (Å²) in [5.74, 6) is -1.04. The van der Waals surface area contributed by atoms with Crippen molar-refractivity contribution in [1.29, 1.82) is 0 Å². The smallest absolute Gasteiger partial charge is 0.362 e. The molecule has 1 aromatic rings. The lowest BCUT2D eigenvalue weighted by atomic mass is 10.1. The molecule has 8 heteroatoms. The molecular weight excluding hydrogens is 297 g/mol. The number of alkyl halides is 3. The zero-order chi connectivity index (χ0) is 15.1. The van der Waals surface area contributed by atoms with E-state index < -0.39 is 24.2 Å². The van der Waals surface area contributed by atoms with Crippen molar-refractivity contribution in [2.75, 3.05) is 0 Å². The van der Waals surface area contributed by atoms with Gasteiger partial charge in [-0.25, -0.2) is 0 Å². The van der Waals surface area contributed by atoms with Crippen LogP contribution in [0.25, 0.3) is 0 Å². The molecule has 0 bridgehead atoms. The van der Waals surface area contributed by atoms with Crippen LogP contribution in [-0.4, -0.2) is 33.6 Å². The number of aliphatic hydroxyl groups is 1. The summed E-state index contributed by atoms with van der Waals surface area (Å²) in [4.78, 5) is 12.1. The summed E-state index contributed by atoms with van der Waals surface area (Å²) < 4.78 is 38.9. The first-order valence-corrected chi connectivity index (χ1v) is 5.96. The minimum Gasteiger partial charge on any atom is -0.362 e. The minimum absolute atomic E-state index is 0.0205. The lowest BCUT2D eigenvalue weighted by Crippen LogP contribution is -2.56. The summed E-state index contributed by atoms with van der Waals surface area (Å²) in [5.41, 5.74) is -3.34. The summed E-state index contributed by atoms with van der Waals surface area (Å²) in [6.07, 6.45) is -5.77. The van der Waals surface area contributed by atoms with Crippen LogP contribution in [0.1, 0.15) is 23.7 Å². The number of hydrogen-bond donors (Lipinski definition) is 1. The topological polar surface area (TPSA) is 52.9 Å². The Kier molecular flexibility index (Phi) is 3.51. The fourth-order valence-corrected chi connectivity index (χ4v) is 1.99. The molecule has 0 fully saturated rings. The molecule has 1 aromatic carbocycles. The zero-order valence-electron chi connectivity index (χ0n) is 10.3. The van der Waals surface area contributed by atoms with E-state index in [4.69, 9.17) is 11.6 Å². The minimum atomic E-state index is -5.00. The average molecular weight is 307 g/mol. The van der Waals surface area contributed by atoms with E-state index in [1.54, 1.807) is 0 Å². The Morgan fingerprint density at radius 3 is 2.45 bits per heavy atom. The van der Waals surface area contributed by atoms with Crippen molar-refractivity contribution in [3.63, 3.8) is 0 Å². The number of carbonyl (C=O) groups excluding carboxylic acids is 1. The van der Waals surface area contributed by atoms with E-state index >= 15 is 0 Å². The Labute approximate surface area is 117 Å². The van der Waals surface area contributed by atoms with Gasteiger partial charge in [-0.05, 0) is 31.2 Å². The summed E-state index contributed by atoms with van der Waals surface area (Å²) >= 11 is 5.65. The molecule has 2 rings (SSSR count). The fraction of sp³-hybridized carbons (Fsp3) is 0.333. The number of hydrazone groups is 1. The van der Waals surface area contributed by atoms with Crippen LogP contribution in [0.3, 0.4) is 0 Å². The van der Waals surface area contributed by atoms with E-state index in [2.05, 4.69) is 5.10 Å². The third-order valence-corrected chi connectivity index (χ3v) is 3.11. The van der Waals surface area contributed by atoms with Crippen molar-refractivity contribution in [2.45, 2.75) is 25.2 Å². The van der Waals surface area contributed by atoms with Gasteiger partial charge in [-0.2, -0.15) is 23.3 Å². The van der Waals surface area contributed by atoms with Crippen molar-refractivity contribution in [3.8, 4) is 0 Å². The third-order valence-electron chi connectivity index (χ3n) is 2.86. The van der Waals surface area contributed by atoms with Gasteiger partial charge in [0.05, 0.1) is 0 Å². The van der Waals surface area contributed by atoms with Crippen molar-refractivity contribution in [1.82, 2.24) is 5.01 Å². The van der Waals surface area contributed by atoms with E-state index in [1.165, 1.54) is 31.2 Å². The van der Waals surface area contributed by atoms with Crippen LogP contribution in [0, 0.1) is 0 Å². The van der Waals surface area contributed by atoms with E-state index in [0.29, 0.717) is 5.02 Å². The molecule has 0 saturated carbocycles. The highest BCUT2D eigenvalue weighted by Crippen LogP contribution is 2.40. The van der Waals surface area contributed by atoms with E-state index in [-0.39, 0.29) is 16.3 Å². The predicted molar refractivity (Wildman–Crippen MR) is 66.4 cm³/mol. The molecule has 1 atom stereocenters. The number of benzene rings is 1. The molecule has 1 unspecified atom stereocenters. The Balaban J connectivity index is 2.39. The van der Waals surface area contributed by atoms with Crippen LogP contribution in [0.15, 0.2) is 29.4 Å². The van der Waals surface area contributed by atoms with Crippen molar-refractivity contribution < 1.29 is 23.1 Å². The maximum Gasteiger partial charge on any atom is 0.438 e. The molecule has 4 nitrogen and oxygen atoms in total. The van der Waals surface area contributed by atoms with Crippen molar-refractivity contribution in [2.24, 2.45) is 5.10 Å². The van der Waals surface area contributed by atoms with Gasteiger partial charge in [-0.15, -0.1) is 0 Å². The second-order valence-electron chi connectivity index (χ2n) is 4.45. The van der Waals surface area contributed by atoms with Crippen LogP contribution in [-0.2, 0) is 0 Å². The summed E-state index contributed by atoms with van der Waals surface area (Å²) in [6, 6.07) is 5.28. The highest BCUT2D eigenvalue weighted by Gasteiger charge is 2.62. The fourth-order valence-electron chi connectivity index (χ4n) is 1.87. The Morgan fingerprint density at radius 1 is 1.40 bits per heavy atom. The van der Waals surface area contributed by atoms with Gasteiger partial charge in [0.25, 0.3) is 11.6 Å². The molecule has 0 spiro atoms. The number of nitrogens with zero attached hydrogens (tertiary/aromatic N) is 2. The van der Waals surface area contributed by atoms with Gasteiger partial charge in [-0.1, -0.05) is 11.6 Å². The Morgan fingerprint density at radius 2 is 1.95 bits per heavy atom. The highest BCUT2D eigenvalue weighted by atomic mass is 35.5. The average Bonchev–Trinajstić information content (AvgIpc) is 2.65. The molecule has 1 amide bonds. The molecular formula is C12H10ClF3N2O2. The Bertz CT molecular complexity index is 571. The number of halogens is 4. The number of carbonyl (C=O) groups is 1. The first kappa shape index (κ1) is 14.8. The standard InChI is InChI=1S/C12H10ClF3N2O2/c1-7-6-11(20,12(14,15)16)18(17-7)10(19)8-2-4-9(13)5-3-8/h2-5,20H,6H2,1H3. The molecule has 108 valence electrons. The predicted octanol–water partition coefficient (Wildman–Crippen LogP) is 2.81. The molecule has 20 heavy (non-hydrogen) atoms. The van der Waals surface area contributed by atoms with Crippen molar-refractivity contribution >= 4 is 23.2 Å². The maximum atomic E-state index is 13.0. The van der Waals surface area contributed by atoms with Gasteiger partial charge in [-0.3, -0.25) is 4.79 Å². The molecule has 0 aliphatic carbocycles. The molecule has 0 radical (unpaired) electrons. The van der Waals surface area contributed by atoms with Gasteiger partial charge in [0.1, 0.15) is 0 Å². The quantitative estimate of drug-likeness (QED) is 0.867. The highest BCUT2D eigenvalue weighted by molar-refractivity contribution is 6.30. The third kappa shape index (κ3) is 2.38. The van der Waals surface area contributed by atoms with Crippen LogP contribution in [0.4, 0.5) is 13.2 Å². The second-order valence-corrected chi connectivity index (χ2v) is 4.89. The van der Waals surface area contributed by atoms with Gasteiger partial charge in [0.15, 0.2) is 0 Å². The molecule has 0 saturated heterocycles. The lowest BCUT2D eigenvalue weighted by molar-refractivity contribution is -0.297. The van der Waals surface area contributed by atoms with Gasteiger partial charge in [0, 0.05) is 22.7 Å². The van der Waals surface area contributed by atoms with E-state index in [0.717, 1.165) is 0 Å². The van der Waals surface area contributed by atoms with E-state index in [9.17, 15) is 23.1 Å². The zero-order valence-corrected chi connectivity index (χ0v) is 11.0. The van der Waals surface area contributed by atoms with Gasteiger partial charge < -0.3 is 5.11 Å².